The fourth-order valence-corrected chi connectivity index (χ4v) is 12.4. The van der Waals surface area contributed by atoms with E-state index in [0.29, 0.717) is 54.2 Å². The fraction of sp³-hybridized carbons (Fsp3) is 0.478. The van der Waals surface area contributed by atoms with E-state index >= 15 is 8.78 Å². The van der Waals surface area contributed by atoms with Gasteiger partial charge in [0, 0.05) is 44.5 Å². The molecule has 5 heterocycles. The topological polar surface area (TPSA) is 194 Å². The summed E-state index contributed by atoms with van der Waals surface area (Å²) in [6, 6.07) is 11.6. The van der Waals surface area contributed by atoms with Gasteiger partial charge in [-0.05, 0) is 112 Å². The quantitative estimate of drug-likeness (QED) is 0.157. The minimum Gasteiger partial charge on any atom is -0.453 e. The first kappa shape index (κ1) is 43.0. The number of rotatable bonds is 9. The second-order valence-corrected chi connectivity index (χ2v) is 20.1. The molecule has 3 saturated heterocycles. The van der Waals surface area contributed by atoms with Gasteiger partial charge in [0.15, 0.2) is 17.4 Å². The molecule has 10 rings (SSSR count). The monoisotopic (exact) mass is 909 g/mol. The van der Waals surface area contributed by atoms with Crippen molar-refractivity contribution in [2.45, 2.75) is 106 Å². The lowest BCUT2D eigenvalue weighted by Gasteiger charge is -2.44. The molecule has 5 aliphatic rings. The van der Waals surface area contributed by atoms with Gasteiger partial charge in [0.1, 0.15) is 23.2 Å². The van der Waals surface area contributed by atoms with E-state index in [9.17, 15) is 28.1 Å². The number of fused-ring (bicyclic) bond motifs is 2. The summed E-state index contributed by atoms with van der Waals surface area (Å²) < 4.78 is 75.2. The van der Waals surface area contributed by atoms with Crippen molar-refractivity contribution in [2.24, 2.45) is 7.05 Å². The minimum absolute atomic E-state index is 0.0493. The first-order valence-corrected chi connectivity index (χ1v) is 23.9. The van der Waals surface area contributed by atoms with Gasteiger partial charge in [0.2, 0.25) is 15.9 Å². The van der Waals surface area contributed by atoms with E-state index in [0.717, 1.165) is 76.0 Å². The number of urea groups is 1. The van der Waals surface area contributed by atoms with Gasteiger partial charge in [-0.25, -0.2) is 27.0 Å². The lowest BCUT2D eigenvalue weighted by Crippen LogP contribution is -2.49. The van der Waals surface area contributed by atoms with Crippen LogP contribution in [0.3, 0.4) is 0 Å². The zero-order valence-corrected chi connectivity index (χ0v) is 36.7. The highest BCUT2D eigenvalue weighted by atomic mass is 32.2. The van der Waals surface area contributed by atoms with Crippen molar-refractivity contribution in [1.82, 2.24) is 29.5 Å². The van der Waals surface area contributed by atoms with E-state index in [4.69, 9.17) is 9.47 Å². The van der Waals surface area contributed by atoms with Crippen LogP contribution in [0.2, 0.25) is 0 Å². The van der Waals surface area contributed by atoms with Crippen molar-refractivity contribution in [3.63, 3.8) is 0 Å². The average molecular weight is 910 g/mol. The third kappa shape index (κ3) is 7.99. The van der Waals surface area contributed by atoms with E-state index < -0.39 is 38.5 Å². The van der Waals surface area contributed by atoms with Gasteiger partial charge in [-0.15, -0.1) is 0 Å². The number of hydrogen-bond donors (Lipinski definition) is 2. The van der Waals surface area contributed by atoms with Crippen molar-refractivity contribution in [2.75, 3.05) is 35.9 Å². The molecule has 19 heteroatoms. The number of carbonyl (C=O) groups excluding carboxylic acids is 2. The number of piperidine rings is 1. The van der Waals surface area contributed by atoms with Gasteiger partial charge in [-0.1, -0.05) is 12.8 Å². The van der Waals surface area contributed by atoms with Gasteiger partial charge in [-0.3, -0.25) is 33.8 Å². The van der Waals surface area contributed by atoms with Crippen LogP contribution in [0.15, 0.2) is 53.6 Å². The lowest BCUT2D eigenvalue weighted by molar-refractivity contribution is -0.120. The number of nitriles is 1. The molecule has 340 valence electrons. The maximum absolute atomic E-state index is 15.8. The van der Waals surface area contributed by atoms with Gasteiger partial charge >= 0.3 is 6.03 Å². The maximum Gasteiger partial charge on any atom is 0.329 e. The number of ether oxygens (including phenoxy) is 2. The third-order valence-electron chi connectivity index (χ3n) is 14.4. The molecule has 2 aliphatic carbocycles. The summed E-state index contributed by atoms with van der Waals surface area (Å²) in [6.07, 6.45) is 10.1. The van der Waals surface area contributed by atoms with Gasteiger partial charge < -0.3 is 14.4 Å². The molecule has 2 N–H and O–H groups in total. The molecule has 3 aliphatic heterocycles. The molecule has 0 radical (unpaired) electrons. The molecular formula is C46H49F2N9O7S. The number of carbonyl (C=O) groups is 2. The van der Waals surface area contributed by atoms with Crippen LogP contribution in [0.4, 0.5) is 25.1 Å². The molecule has 5 aromatic rings. The number of likely N-dealkylation sites (tertiary alicyclic amines) is 1. The molecule has 1 spiro atoms. The predicted molar refractivity (Wildman–Crippen MR) is 236 cm³/mol. The van der Waals surface area contributed by atoms with Gasteiger partial charge in [-0.2, -0.15) is 10.4 Å². The Balaban J connectivity index is 0.776. The molecule has 65 heavy (non-hydrogen) atoms. The number of halogens is 2. The number of nitrogens with zero attached hydrogens (tertiary/aromatic N) is 7. The van der Waals surface area contributed by atoms with Crippen molar-refractivity contribution >= 4 is 55.3 Å². The average Bonchev–Trinajstić information content (AvgIpc) is 4.06. The fourth-order valence-electron chi connectivity index (χ4n) is 10.8. The number of sulfonamides is 1. The third-order valence-corrected chi connectivity index (χ3v) is 16.2. The number of aromatic nitrogens is 4. The summed E-state index contributed by atoms with van der Waals surface area (Å²) >= 11 is 0. The molecule has 5 fully saturated rings. The first-order valence-electron chi connectivity index (χ1n) is 22.4. The molecule has 1 atom stereocenters. The molecule has 0 unspecified atom stereocenters. The number of nitrogens with one attached hydrogen (secondary N) is 2. The SMILES string of the molecule is Cn1nc(N2CCC(=O)NC2=O)c2cc(F)c(C3CCC(N4CCC5(CC4)C[C@@H](n4cnc6ccc(Oc7c(F)ccc(NS(=O)(=O)C8CCCC8)c7C#N)cc6c4=O)CO5)CC3)cc21. The molecule has 3 amide bonds. The summed E-state index contributed by atoms with van der Waals surface area (Å²) in [4.78, 5) is 46.7. The summed E-state index contributed by atoms with van der Waals surface area (Å²) in [5.41, 5.74) is 0.706. The first-order chi connectivity index (χ1) is 31.3. The Hall–Kier alpha value is -5.97. The number of amides is 3. The zero-order chi connectivity index (χ0) is 45.2. The maximum atomic E-state index is 15.8. The second-order valence-electron chi connectivity index (χ2n) is 18.2. The highest BCUT2D eigenvalue weighted by Gasteiger charge is 2.45. The summed E-state index contributed by atoms with van der Waals surface area (Å²) in [5, 5.41) is 17.0. The Morgan fingerprint density at radius 2 is 1.71 bits per heavy atom. The smallest absolute Gasteiger partial charge is 0.329 e. The van der Waals surface area contributed by atoms with Crippen LogP contribution in [-0.2, 0) is 26.6 Å². The number of aryl methyl sites for hydroxylation is 1. The Labute approximate surface area is 373 Å². The van der Waals surface area contributed by atoms with E-state index in [1.54, 1.807) is 22.4 Å². The van der Waals surface area contributed by atoms with Crippen LogP contribution in [0.1, 0.15) is 100 Å². The minimum atomic E-state index is -3.81. The summed E-state index contributed by atoms with van der Waals surface area (Å²) in [5.74, 6) is -1.51. The molecule has 16 nitrogen and oxygen atoms in total. The normalized spacial score (nSPS) is 23.0. The van der Waals surface area contributed by atoms with Crippen LogP contribution < -0.4 is 25.2 Å². The van der Waals surface area contributed by atoms with E-state index in [2.05, 4.69) is 25.0 Å². The van der Waals surface area contributed by atoms with Crippen molar-refractivity contribution in [1.29, 1.82) is 5.26 Å². The molecule has 2 aromatic heterocycles. The highest BCUT2D eigenvalue weighted by molar-refractivity contribution is 7.93. The number of benzene rings is 3. The van der Waals surface area contributed by atoms with Crippen molar-refractivity contribution in [3.8, 4) is 17.6 Å². The summed E-state index contributed by atoms with van der Waals surface area (Å²) in [6.45, 7) is 2.20. The van der Waals surface area contributed by atoms with Crippen LogP contribution in [0, 0.1) is 23.0 Å². The largest absolute Gasteiger partial charge is 0.453 e. The van der Waals surface area contributed by atoms with Crippen LogP contribution in [0.5, 0.6) is 11.5 Å². The van der Waals surface area contributed by atoms with Gasteiger partial charge in [0.25, 0.3) is 5.56 Å². The van der Waals surface area contributed by atoms with Crippen LogP contribution in [0.25, 0.3) is 21.8 Å². The number of hydrogen-bond acceptors (Lipinski definition) is 11. The van der Waals surface area contributed by atoms with E-state index in [1.165, 1.54) is 35.5 Å². The molecule has 3 aromatic carbocycles. The highest BCUT2D eigenvalue weighted by Crippen LogP contribution is 2.44. The van der Waals surface area contributed by atoms with Crippen LogP contribution in [-0.4, -0.2) is 87.7 Å². The Morgan fingerprint density at radius 1 is 0.938 bits per heavy atom. The standard InChI is InChI=1S/C46H49F2N9O7S/c1-54-40-22-32(37(48)21-34(40)43(52-54)56-17-14-41(58)51-45(56)60)27-6-8-28(9-7-27)55-18-15-46(16-19-55)23-29(25-63-46)57-26-50-38-12-10-30(20-33(38)44(57)59)64-42-35(24-49)39(13-11-36(42)47)53-65(61,62)31-4-2-3-5-31/h10-13,20-22,26-29,31,53H,2-9,14-19,23,25H2,1H3,(H,51,58,60)/t27?,28?,29-/m1/s1. The number of anilines is 2. The van der Waals surface area contributed by atoms with Gasteiger partial charge in [0.05, 0.1) is 51.9 Å². The molecule has 2 saturated carbocycles. The van der Waals surface area contributed by atoms with Crippen molar-refractivity contribution in [3.05, 3.63) is 81.9 Å². The van der Waals surface area contributed by atoms with E-state index in [-0.39, 0.29) is 64.6 Å². The Bertz CT molecular complexity index is 2950. The Kier molecular flexibility index (Phi) is 11.1. The van der Waals surface area contributed by atoms with Crippen molar-refractivity contribution < 1.29 is 36.3 Å². The molecular weight excluding hydrogens is 861 g/mol. The van der Waals surface area contributed by atoms with Crippen LogP contribution >= 0.6 is 0 Å². The zero-order valence-electron chi connectivity index (χ0n) is 35.9. The predicted octanol–water partition coefficient (Wildman–Crippen LogP) is 6.88. The lowest BCUT2D eigenvalue weighted by atomic mass is 9.79. The molecule has 0 bridgehead atoms. The Morgan fingerprint density at radius 3 is 2.45 bits per heavy atom. The number of imide groups is 1. The summed E-state index contributed by atoms with van der Waals surface area (Å²) in [7, 11) is -2.04. The van der Waals surface area contributed by atoms with E-state index in [1.807, 2.05) is 12.1 Å². The second kappa shape index (κ2) is 16.8.